The molecule has 1 heterocycles. The van der Waals surface area contributed by atoms with Gasteiger partial charge in [-0.3, -0.25) is 9.59 Å². The molecule has 0 spiro atoms. The minimum absolute atomic E-state index is 0.0376. The van der Waals surface area contributed by atoms with Crippen LogP contribution in [0.25, 0.3) is 0 Å². The van der Waals surface area contributed by atoms with Crippen molar-refractivity contribution in [3.8, 4) is 0 Å². The van der Waals surface area contributed by atoms with Crippen LogP contribution in [0.2, 0.25) is 0 Å². The Balaban J connectivity index is 1.93. The summed E-state index contributed by atoms with van der Waals surface area (Å²) in [6, 6.07) is 5.88. The molecule has 0 atom stereocenters. The number of oxazole rings is 1. The van der Waals surface area contributed by atoms with Crippen LogP contribution in [0.1, 0.15) is 18.2 Å². The van der Waals surface area contributed by atoms with Gasteiger partial charge in [-0.15, -0.1) is 0 Å². The van der Waals surface area contributed by atoms with Gasteiger partial charge >= 0.3 is 0 Å². The van der Waals surface area contributed by atoms with Crippen molar-refractivity contribution in [1.29, 1.82) is 0 Å². The third kappa shape index (κ3) is 5.91. The van der Waals surface area contributed by atoms with E-state index in [-0.39, 0.29) is 16.6 Å². The molecule has 0 saturated heterocycles. The lowest BCUT2D eigenvalue weighted by atomic mass is 10.2. The molecule has 0 fully saturated rings. The van der Waals surface area contributed by atoms with Gasteiger partial charge in [0.2, 0.25) is 11.8 Å². The smallest absolute Gasteiger partial charge is 0.264 e. The predicted molar refractivity (Wildman–Crippen MR) is 91.3 cm³/mol. The van der Waals surface area contributed by atoms with Gasteiger partial charge in [-0.05, 0) is 24.6 Å². The molecule has 0 unspecified atom stereocenters. The largest absolute Gasteiger partial charge is 0.440 e. The average Bonchev–Trinajstić information content (AvgIpc) is 2.96. The first-order valence-corrected chi connectivity index (χ1v) is 9.67. The summed E-state index contributed by atoms with van der Waals surface area (Å²) in [4.78, 5) is 26.7. The maximum atomic E-state index is 12.2. The molecule has 2 aromatic rings. The summed E-state index contributed by atoms with van der Waals surface area (Å²) in [7, 11) is -3.96. The molecule has 0 bridgehead atoms. The molecular weight excluding hydrogens is 366 g/mol. The van der Waals surface area contributed by atoms with Gasteiger partial charge in [0, 0.05) is 13.5 Å². The molecular formula is C15H17N3O5S2. The Labute approximate surface area is 149 Å². The number of rotatable bonds is 7. The van der Waals surface area contributed by atoms with Crippen molar-refractivity contribution in [2.24, 2.45) is 0 Å². The quantitative estimate of drug-likeness (QED) is 0.690. The lowest BCUT2D eigenvalue weighted by Gasteiger charge is -2.07. The van der Waals surface area contributed by atoms with Gasteiger partial charge < -0.3 is 9.73 Å². The number of aryl methyl sites for hydroxylation is 1. The molecule has 0 aliphatic carbocycles. The molecule has 0 aliphatic rings. The first-order chi connectivity index (χ1) is 11.8. The molecule has 0 aliphatic heterocycles. The van der Waals surface area contributed by atoms with Gasteiger partial charge in [0.25, 0.3) is 15.2 Å². The van der Waals surface area contributed by atoms with E-state index in [1.165, 1.54) is 25.3 Å². The molecule has 2 rings (SSSR count). The molecule has 10 heteroatoms. The van der Waals surface area contributed by atoms with E-state index in [9.17, 15) is 18.0 Å². The second-order valence-corrected chi connectivity index (χ2v) is 7.73. The Kier molecular flexibility index (Phi) is 6.21. The number of sulfonamides is 1. The van der Waals surface area contributed by atoms with Gasteiger partial charge in [0.15, 0.2) is 0 Å². The fourth-order valence-electron chi connectivity index (χ4n) is 1.78. The second kappa shape index (κ2) is 8.17. The van der Waals surface area contributed by atoms with E-state index in [0.717, 1.165) is 17.3 Å². The fourth-order valence-corrected chi connectivity index (χ4v) is 3.50. The first kappa shape index (κ1) is 19.0. The summed E-state index contributed by atoms with van der Waals surface area (Å²) in [6.07, 6.45) is 1.44. The van der Waals surface area contributed by atoms with Crippen LogP contribution in [0.15, 0.2) is 45.1 Å². The number of aromatic nitrogens is 1. The lowest BCUT2D eigenvalue weighted by Crippen LogP contribution is -2.32. The van der Waals surface area contributed by atoms with E-state index in [0.29, 0.717) is 17.5 Å². The van der Waals surface area contributed by atoms with Gasteiger partial charge in [-0.1, -0.05) is 23.9 Å². The number of amides is 2. The monoisotopic (exact) mass is 383 g/mol. The second-order valence-electron chi connectivity index (χ2n) is 5.13. The Morgan fingerprint density at radius 2 is 1.92 bits per heavy atom. The zero-order valence-electron chi connectivity index (χ0n) is 13.6. The SMILES string of the molecule is CC(=O)NCc1ccc(S(=O)(=O)NC(=O)CSc2nc(C)co2)cc1. The Bertz CT molecular complexity index is 860. The topological polar surface area (TPSA) is 118 Å². The van der Waals surface area contributed by atoms with Crippen LogP contribution < -0.4 is 10.0 Å². The van der Waals surface area contributed by atoms with Crippen molar-refractivity contribution in [1.82, 2.24) is 15.0 Å². The molecule has 0 radical (unpaired) electrons. The zero-order chi connectivity index (χ0) is 18.4. The number of nitrogens with one attached hydrogen (secondary N) is 2. The Morgan fingerprint density at radius 1 is 1.24 bits per heavy atom. The van der Waals surface area contributed by atoms with Crippen LogP contribution >= 0.6 is 11.8 Å². The number of hydrogen-bond donors (Lipinski definition) is 2. The summed E-state index contributed by atoms with van der Waals surface area (Å²) in [5.74, 6) is -0.995. The fraction of sp³-hybridized carbons (Fsp3) is 0.267. The number of nitrogens with zero attached hydrogens (tertiary/aromatic N) is 1. The molecule has 8 nitrogen and oxygen atoms in total. The van der Waals surface area contributed by atoms with Crippen LogP contribution in [-0.2, 0) is 26.2 Å². The summed E-state index contributed by atoms with van der Waals surface area (Å²) in [5.41, 5.74) is 1.42. The predicted octanol–water partition coefficient (Wildman–Crippen LogP) is 1.22. The van der Waals surface area contributed by atoms with E-state index in [1.807, 2.05) is 4.72 Å². The van der Waals surface area contributed by atoms with E-state index in [1.54, 1.807) is 19.1 Å². The van der Waals surface area contributed by atoms with Crippen molar-refractivity contribution >= 4 is 33.6 Å². The summed E-state index contributed by atoms with van der Waals surface area (Å²) < 4.78 is 31.4. The van der Waals surface area contributed by atoms with Crippen molar-refractivity contribution < 1.29 is 22.4 Å². The zero-order valence-corrected chi connectivity index (χ0v) is 15.2. The van der Waals surface area contributed by atoms with Crippen molar-refractivity contribution in [3.63, 3.8) is 0 Å². The molecule has 134 valence electrons. The third-order valence-electron chi connectivity index (χ3n) is 2.95. The minimum atomic E-state index is -3.96. The third-order valence-corrected chi connectivity index (χ3v) is 5.18. The van der Waals surface area contributed by atoms with Crippen LogP contribution in [0.5, 0.6) is 0 Å². The number of thioether (sulfide) groups is 1. The summed E-state index contributed by atoms with van der Waals surface area (Å²) >= 11 is 1.00. The highest BCUT2D eigenvalue weighted by Gasteiger charge is 2.18. The summed E-state index contributed by atoms with van der Waals surface area (Å²) in [6.45, 7) is 3.44. The van der Waals surface area contributed by atoms with Gasteiger partial charge in [-0.2, -0.15) is 0 Å². The van der Waals surface area contributed by atoms with Crippen LogP contribution in [0.4, 0.5) is 0 Å². The molecule has 2 amide bonds. The van der Waals surface area contributed by atoms with Crippen LogP contribution in [0, 0.1) is 6.92 Å². The lowest BCUT2D eigenvalue weighted by molar-refractivity contribution is -0.119. The first-order valence-electron chi connectivity index (χ1n) is 7.20. The van der Waals surface area contributed by atoms with E-state index < -0.39 is 15.9 Å². The van der Waals surface area contributed by atoms with E-state index >= 15 is 0 Å². The van der Waals surface area contributed by atoms with Gasteiger partial charge in [0.1, 0.15) is 6.26 Å². The average molecular weight is 383 g/mol. The molecule has 1 aromatic heterocycles. The van der Waals surface area contributed by atoms with Gasteiger partial charge in [0.05, 0.1) is 16.3 Å². The summed E-state index contributed by atoms with van der Waals surface area (Å²) in [5, 5.41) is 2.91. The Hall–Kier alpha value is -2.33. The molecule has 1 aromatic carbocycles. The number of carbonyl (C=O) groups is 2. The standard InChI is InChI=1S/C15H17N3O5S2/c1-10-8-23-15(17-10)24-9-14(20)18-25(21,22)13-5-3-12(4-6-13)7-16-11(2)19/h3-6,8H,7,9H2,1-2H3,(H,16,19)(H,18,20). The minimum Gasteiger partial charge on any atom is -0.440 e. The van der Waals surface area contributed by atoms with Crippen molar-refractivity contribution in [2.75, 3.05) is 5.75 Å². The van der Waals surface area contributed by atoms with E-state index in [2.05, 4.69) is 10.3 Å². The Morgan fingerprint density at radius 3 is 2.48 bits per heavy atom. The van der Waals surface area contributed by atoms with Crippen molar-refractivity contribution in [3.05, 3.63) is 41.8 Å². The molecule has 2 N–H and O–H groups in total. The maximum Gasteiger partial charge on any atom is 0.264 e. The normalized spacial score (nSPS) is 11.1. The van der Waals surface area contributed by atoms with Crippen LogP contribution in [0.3, 0.4) is 0 Å². The van der Waals surface area contributed by atoms with E-state index in [4.69, 9.17) is 4.42 Å². The number of benzene rings is 1. The highest BCUT2D eigenvalue weighted by atomic mass is 32.2. The van der Waals surface area contributed by atoms with Crippen LogP contribution in [-0.4, -0.2) is 31.0 Å². The highest BCUT2D eigenvalue weighted by Crippen LogP contribution is 2.17. The maximum absolute atomic E-state index is 12.2. The highest BCUT2D eigenvalue weighted by molar-refractivity contribution is 7.99. The molecule has 0 saturated carbocycles. The van der Waals surface area contributed by atoms with Crippen molar-refractivity contribution in [2.45, 2.75) is 30.5 Å². The number of carbonyl (C=O) groups excluding carboxylic acids is 2. The number of hydrogen-bond acceptors (Lipinski definition) is 7. The molecule has 25 heavy (non-hydrogen) atoms. The van der Waals surface area contributed by atoms with Gasteiger partial charge in [-0.25, -0.2) is 18.1 Å².